The monoisotopic (exact) mass is 377 g/mol. The van der Waals surface area contributed by atoms with Crippen molar-refractivity contribution in [1.29, 1.82) is 0 Å². The van der Waals surface area contributed by atoms with Crippen molar-refractivity contribution in [3.8, 4) is 28.6 Å². The van der Waals surface area contributed by atoms with Crippen molar-refractivity contribution in [1.82, 2.24) is 14.8 Å². The topological polar surface area (TPSA) is 63.1 Å². The summed E-state index contributed by atoms with van der Waals surface area (Å²) in [5, 5.41) is 19.5. The number of fused-ring (bicyclic) bond motifs is 1. The summed E-state index contributed by atoms with van der Waals surface area (Å²) in [6, 6.07) is 19.1. The van der Waals surface area contributed by atoms with Gasteiger partial charge in [-0.3, -0.25) is 9.67 Å². The number of H-pyrrole nitrogens is 1. The van der Waals surface area contributed by atoms with E-state index < -0.39 is 0 Å². The molecule has 27 heavy (non-hydrogen) atoms. The maximum atomic E-state index is 10.3. The highest BCUT2D eigenvalue weighted by Crippen LogP contribution is 2.34. The van der Waals surface area contributed by atoms with Crippen molar-refractivity contribution < 1.29 is 9.84 Å². The van der Waals surface area contributed by atoms with Gasteiger partial charge in [0.1, 0.15) is 11.5 Å². The van der Waals surface area contributed by atoms with Crippen LogP contribution in [0.2, 0.25) is 0 Å². The molecule has 0 radical (unpaired) electrons. The van der Waals surface area contributed by atoms with Crippen LogP contribution in [-0.4, -0.2) is 26.5 Å². The summed E-state index contributed by atoms with van der Waals surface area (Å²) >= 11 is 5.50. The second-order valence-corrected chi connectivity index (χ2v) is 6.57. The minimum Gasteiger partial charge on any atom is -0.507 e. The van der Waals surface area contributed by atoms with Crippen molar-refractivity contribution in [2.45, 2.75) is 13.3 Å². The molecule has 0 aliphatic rings. The zero-order chi connectivity index (χ0) is 18.8. The third-order valence-electron chi connectivity index (χ3n) is 4.38. The number of aromatic hydroxyl groups is 1. The number of nitrogens with zero attached hydrogens (tertiary/aromatic N) is 2. The van der Waals surface area contributed by atoms with E-state index in [1.807, 2.05) is 53.1 Å². The van der Waals surface area contributed by atoms with Crippen LogP contribution in [0.25, 0.3) is 27.8 Å². The molecule has 4 aromatic rings. The maximum absolute atomic E-state index is 10.3. The van der Waals surface area contributed by atoms with Crippen LogP contribution in [0.3, 0.4) is 0 Å². The molecular weight excluding hydrogens is 358 g/mol. The number of hydrogen-bond donors (Lipinski definition) is 2. The number of phenols is 1. The van der Waals surface area contributed by atoms with E-state index in [2.05, 4.69) is 17.1 Å². The number of hydrogen-bond acceptors (Lipinski definition) is 4. The van der Waals surface area contributed by atoms with E-state index in [4.69, 9.17) is 17.0 Å². The lowest BCUT2D eigenvalue weighted by atomic mass is 10.1. The number of benzene rings is 3. The molecule has 0 amide bonds. The Hall–Kier alpha value is -3.12. The first-order chi connectivity index (χ1) is 13.2. The van der Waals surface area contributed by atoms with Gasteiger partial charge in [-0.25, -0.2) is 0 Å². The maximum Gasteiger partial charge on any atom is 0.200 e. The molecule has 0 atom stereocenters. The smallest absolute Gasteiger partial charge is 0.200 e. The normalized spacial score (nSPS) is 11.0. The SMILES string of the molecule is CCCOc1cccc2c(-n3c(-c4ccccc4O)n[nH]c3=S)cccc12. The quantitative estimate of drug-likeness (QED) is 0.467. The average Bonchev–Trinajstić information content (AvgIpc) is 3.07. The number of phenolic OH excluding ortho intramolecular Hbond substituents is 1. The van der Waals surface area contributed by atoms with Crippen molar-refractivity contribution in [3.63, 3.8) is 0 Å². The van der Waals surface area contributed by atoms with Gasteiger partial charge in [0, 0.05) is 10.8 Å². The predicted octanol–water partition coefficient (Wildman–Crippen LogP) is 5.24. The fourth-order valence-electron chi connectivity index (χ4n) is 3.16. The number of aromatic nitrogens is 3. The minimum atomic E-state index is 0.153. The molecule has 0 aliphatic carbocycles. The Morgan fingerprint density at radius 1 is 1.04 bits per heavy atom. The van der Waals surface area contributed by atoms with Gasteiger partial charge in [-0.1, -0.05) is 43.3 Å². The van der Waals surface area contributed by atoms with E-state index in [9.17, 15) is 5.11 Å². The predicted molar refractivity (Wildman–Crippen MR) is 109 cm³/mol. The molecule has 136 valence electrons. The Kier molecular flexibility index (Phi) is 4.64. The lowest BCUT2D eigenvalue weighted by molar-refractivity contribution is 0.321. The van der Waals surface area contributed by atoms with E-state index in [1.54, 1.807) is 12.1 Å². The second-order valence-electron chi connectivity index (χ2n) is 6.18. The zero-order valence-electron chi connectivity index (χ0n) is 14.8. The summed E-state index contributed by atoms with van der Waals surface area (Å²) in [6.45, 7) is 2.75. The molecule has 0 unspecified atom stereocenters. The first kappa shape index (κ1) is 17.3. The molecule has 0 spiro atoms. The van der Waals surface area contributed by atoms with E-state index in [0.717, 1.165) is 28.6 Å². The van der Waals surface area contributed by atoms with Crippen molar-refractivity contribution in [3.05, 3.63) is 65.4 Å². The van der Waals surface area contributed by atoms with Crippen molar-refractivity contribution in [2.24, 2.45) is 0 Å². The molecule has 3 aromatic carbocycles. The highest BCUT2D eigenvalue weighted by molar-refractivity contribution is 7.71. The number of ether oxygens (including phenoxy) is 1. The van der Waals surface area contributed by atoms with Gasteiger partial charge in [-0.05, 0) is 42.9 Å². The van der Waals surface area contributed by atoms with E-state index in [0.29, 0.717) is 22.8 Å². The molecule has 2 N–H and O–H groups in total. The van der Waals surface area contributed by atoms with Crippen LogP contribution in [0.1, 0.15) is 13.3 Å². The van der Waals surface area contributed by atoms with Crippen LogP contribution in [0.5, 0.6) is 11.5 Å². The van der Waals surface area contributed by atoms with E-state index in [1.165, 1.54) is 0 Å². The van der Waals surface area contributed by atoms with Gasteiger partial charge in [0.15, 0.2) is 10.6 Å². The van der Waals surface area contributed by atoms with Gasteiger partial charge in [-0.2, -0.15) is 5.10 Å². The number of rotatable bonds is 5. The van der Waals surface area contributed by atoms with Crippen molar-refractivity contribution >= 4 is 23.0 Å². The number of nitrogens with one attached hydrogen (secondary N) is 1. The molecular formula is C21H19N3O2S. The van der Waals surface area contributed by atoms with E-state index >= 15 is 0 Å². The van der Waals surface area contributed by atoms with Crippen LogP contribution in [-0.2, 0) is 0 Å². The average molecular weight is 377 g/mol. The lowest BCUT2D eigenvalue weighted by Crippen LogP contribution is -2.00. The summed E-state index contributed by atoms with van der Waals surface area (Å²) in [7, 11) is 0. The molecule has 1 heterocycles. The van der Waals surface area contributed by atoms with Gasteiger partial charge in [-0.15, -0.1) is 0 Å². The second kappa shape index (κ2) is 7.25. The summed E-state index contributed by atoms with van der Waals surface area (Å²) in [4.78, 5) is 0. The Bertz CT molecular complexity index is 1160. The Morgan fingerprint density at radius 3 is 2.63 bits per heavy atom. The van der Waals surface area contributed by atoms with Gasteiger partial charge < -0.3 is 9.84 Å². The minimum absolute atomic E-state index is 0.153. The third-order valence-corrected chi connectivity index (χ3v) is 4.65. The highest BCUT2D eigenvalue weighted by Gasteiger charge is 2.16. The van der Waals surface area contributed by atoms with Gasteiger partial charge in [0.25, 0.3) is 0 Å². The first-order valence-electron chi connectivity index (χ1n) is 8.81. The Labute approximate surface area is 161 Å². The summed E-state index contributed by atoms with van der Waals surface area (Å²) < 4.78 is 8.21. The fourth-order valence-corrected chi connectivity index (χ4v) is 3.39. The van der Waals surface area contributed by atoms with Gasteiger partial charge in [0.2, 0.25) is 0 Å². The lowest BCUT2D eigenvalue weighted by Gasteiger charge is -2.13. The van der Waals surface area contributed by atoms with Gasteiger partial charge in [0.05, 0.1) is 17.9 Å². The van der Waals surface area contributed by atoms with E-state index in [-0.39, 0.29) is 5.75 Å². The zero-order valence-corrected chi connectivity index (χ0v) is 15.7. The van der Waals surface area contributed by atoms with Gasteiger partial charge >= 0.3 is 0 Å². The van der Waals surface area contributed by atoms with Crippen LogP contribution in [0.4, 0.5) is 0 Å². The fraction of sp³-hybridized carbons (Fsp3) is 0.143. The molecule has 1 aromatic heterocycles. The standard InChI is InChI=1S/C21H19N3O2S/c1-2-13-26-19-12-6-8-14-15(19)9-5-10-17(14)24-20(22-23-21(24)27)16-7-3-4-11-18(16)25/h3-12,25H,2,13H2,1H3,(H,23,27). The third kappa shape index (κ3) is 3.08. The molecule has 5 nitrogen and oxygen atoms in total. The van der Waals surface area contributed by atoms with Crippen LogP contribution in [0.15, 0.2) is 60.7 Å². The summed E-state index contributed by atoms with van der Waals surface area (Å²) in [5.41, 5.74) is 1.49. The van der Waals surface area contributed by atoms with Crippen molar-refractivity contribution in [2.75, 3.05) is 6.61 Å². The molecule has 0 fully saturated rings. The molecule has 0 aliphatic heterocycles. The molecule has 0 saturated carbocycles. The summed E-state index contributed by atoms with van der Waals surface area (Å²) in [6.07, 6.45) is 0.945. The number of para-hydroxylation sites is 1. The number of aromatic amines is 1. The highest BCUT2D eigenvalue weighted by atomic mass is 32.1. The molecule has 0 saturated heterocycles. The molecule has 6 heteroatoms. The first-order valence-corrected chi connectivity index (χ1v) is 9.22. The van der Waals surface area contributed by atoms with Crippen LogP contribution in [0, 0.1) is 4.77 Å². The largest absolute Gasteiger partial charge is 0.507 e. The Balaban J connectivity index is 1.96. The molecule has 4 rings (SSSR count). The van der Waals surface area contributed by atoms with Crippen LogP contribution >= 0.6 is 12.2 Å². The Morgan fingerprint density at radius 2 is 1.81 bits per heavy atom. The van der Waals surface area contributed by atoms with Crippen LogP contribution < -0.4 is 4.74 Å². The summed E-state index contributed by atoms with van der Waals surface area (Å²) in [5.74, 6) is 1.56. The molecule has 0 bridgehead atoms.